The minimum Gasteiger partial charge on any atom is -0.328 e. The minimum atomic E-state index is 0.443. The highest BCUT2D eigenvalue weighted by atomic mass is 15.1. The molecule has 1 aliphatic rings. The third-order valence-electron chi connectivity index (χ3n) is 4.07. The second-order valence-corrected chi connectivity index (χ2v) is 5.31. The zero-order valence-corrected chi connectivity index (χ0v) is 11.4. The predicted octanol–water partition coefficient (Wildman–Crippen LogP) is 2.22. The predicted molar refractivity (Wildman–Crippen MR) is 75.4 cm³/mol. The summed E-state index contributed by atoms with van der Waals surface area (Å²) in [6.07, 6.45) is 9.82. The molecule has 0 amide bonds. The van der Waals surface area contributed by atoms with Gasteiger partial charge >= 0.3 is 0 Å². The van der Waals surface area contributed by atoms with Crippen LogP contribution in [0.2, 0.25) is 0 Å². The highest BCUT2D eigenvalue weighted by Gasteiger charge is 2.22. The first kappa shape index (κ1) is 13.5. The fraction of sp³-hybridized carbons (Fsp3) is 0.667. The number of likely N-dealkylation sites (N-methyl/N-ethyl adjacent to an activating group) is 1. The molecule has 100 valence electrons. The Labute approximate surface area is 110 Å². The summed E-state index contributed by atoms with van der Waals surface area (Å²) in [6.45, 7) is 4.54. The second-order valence-electron chi connectivity index (χ2n) is 5.31. The van der Waals surface area contributed by atoms with Gasteiger partial charge in [0.1, 0.15) is 0 Å². The maximum Gasteiger partial charge on any atom is 0.0300 e. The Kier molecular flexibility index (Phi) is 5.14. The van der Waals surface area contributed by atoms with Gasteiger partial charge in [0.25, 0.3) is 0 Å². The molecule has 1 aromatic rings. The average Bonchev–Trinajstić information content (AvgIpc) is 2.42. The summed E-state index contributed by atoms with van der Waals surface area (Å²) in [5, 5.41) is 0. The first-order valence-electron chi connectivity index (χ1n) is 7.18. The number of rotatable bonds is 5. The zero-order valence-electron chi connectivity index (χ0n) is 11.4. The van der Waals surface area contributed by atoms with E-state index in [1.165, 1.54) is 31.2 Å². The van der Waals surface area contributed by atoms with Crippen LogP contribution < -0.4 is 5.73 Å². The van der Waals surface area contributed by atoms with Gasteiger partial charge in [-0.25, -0.2) is 0 Å². The molecule has 0 aromatic carbocycles. The van der Waals surface area contributed by atoms with Crippen molar-refractivity contribution in [2.75, 3.05) is 13.1 Å². The van der Waals surface area contributed by atoms with E-state index < -0.39 is 0 Å². The highest BCUT2D eigenvalue weighted by molar-refractivity contribution is 5.08. The zero-order chi connectivity index (χ0) is 12.8. The van der Waals surface area contributed by atoms with E-state index in [2.05, 4.69) is 22.9 Å². The summed E-state index contributed by atoms with van der Waals surface area (Å²) >= 11 is 0. The monoisotopic (exact) mass is 247 g/mol. The summed E-state index contributed by atoms with van der Waals surface area (Å²) in [5.41, 5.74) is 7.31. The van der Waals surface area contributed by atoms with Crippen molar-refractivity contribution in [3.05, 3.63) is 30.1 Å². The molecule has 2 rings (SSSR count). The van der Waals surface area contributed by atoms with Crippen LogP contribution in [0.3, 0.4) is 0 Å². The van der Waals surface area contributed by atoms with Gasteiger partial charge in [0, 0.05) is 31.0 Å². The molecule has 1 heterocycles. The Morgan fingerprint density at radius 3 is 2.72 bits per heavy atom. The van der Waals surface area contributed by atoms with Gasteiger partial charge in [0.2, 0.25) is 0 Å². The number of nitrogens with two attached hydrogens (primary N) is 1. The lowest BCUT2D eigenvalue weighted by molar-refractivity contribution is 0.158. The van der Waals surface area contributed by atoms with Crippen LogP contribution in [0.15, 0.2) is 24.5 Å². The normalized spacial score (nSPS) is 24.4. The number of hydrogen-bond donors (Lipinski definition) is 1. The van der Waals surface area contributed by atoms with Crippen LogP contribution in [0, 0.1) is 0 Å². The molecule has 18 heavy (non-hydrogen) atoms. The van der Waals surface area contributed by atoms with Crippen molar-refractivity contribution >= 4 is 0 Å². The minimum absolute atomic E-state index is 0.443. The van der Waals surface area contributed by atoms with E-state index in [0.29, 0.717) is 6.04 Å². The Morgan fingerprint density at radius 2 is 2.11 bits per heavy atom. The van der Waals surface area contributed by atoms with Crippen molar-refractivity contribution in [2.24, 2.45) is 5.73 Å². The molecular weight excluding hydrogens is 222 g/mol. The highest BCUT2D eigenvalue weighted by Crippen LogP contribution is 2.22. The van der Waals surface area contributed by atoms with Gasteiger partial charge in [-0.15, -0.1) is 0 Å². The van der Waals surface area contributed by atoms with Crippen LogP contribution in [0.4, 0.5) is 0 Å². The van der Waals surface area contributed by atoms with Gasteiger partial charge in [0.05, 0.1) is 0 Å². The van der Waals surface area contributed by atoms with Crippen molar-refractivity contribution in [3.8, 4) is 0 Å². The van der Waals surface area contributed by atoms with Crippen LogP contribution in [0.1, 0.15) is 38.2 Å². The lowest BCUT2D eigenvalue weighted by Gasteiger charge is -2.35. The molecule has 3 heteroatoms. The molecule has 0 saturated heterocycles. The quantitative estimate of drug-likeness (QED) is 0.867. The maximum absolute atomic E-state index is 5.98. The van der Waals surface area contributed by atoms with Gasteiger partial charge in [-0.3, -0.25) is 4.98 Å². The van der Waals surface area contributed by atoms with Gasteiger partial charge in [-0.2, -0.15) is 0 Å². The lowest BCUT2D eigenvalue weighted by Crippen LogP contribution is -2.41. The number of pyridine rings is 1. The summed E-state index contributed by atoms with van der Waals surface area (Å²) in [6, 6.07) is 5.37. The Morgan fingerprint density at radius 1 is 1.33 bits per heavy atom. The number of nitrogens with zero attached hydrogens (tertiary/aromatic N) is 2. The Balaban J connectivity index is 1.82. The van der Waals surface area contributed by atoms with Crippen molar-refractivity contribution in [3.63, 3.8) is 0 Å². The Bertz CT molecular complexity index is 331. The number of aromatic nitrogens is 1. The molecule has 0 spiro atoms. The van der Waals surface area contributed by atoms with Crippen molar-refractivity contribution in [2.45, 2.75) is 51.1 Å². The van der Waals surface area contributed by atoms with E-state index >= 15 is 0 Å². The summed E-state index contributed by atoms with van der Waals surface area (Å²) in [5.74, 6) is 0. The SMILES string of the molecule is CCN(CCc1cccnc1)C1CCC(N)CC1. The van der Waals surface area contributed by atoms with E-state index in [4.69, 9.17) is 5.73 Å². The summed E-state index contributed by atoms with van der Waals surface area (Å²) in [4.78, 5) is 6.79. The molecule has 0 unspecified atom stereocenters. The van der Waals surface area contributed by atoms with Crippen molar-refractivity contribution in [1.82, 2.24) is 9.88 Å². The van der Waals surface area contributed by atoms with E-state index in [-0.39, 0.29) is 0 Å². The fourth-order valence-electron chi connectivity index (χ4n) is 2.88. The molecule has 0 radical (unpaired) electrons. The maximum atomic E-state index is 5.98. The third-order valence-corrected chi connectivity index (χ3v) is 4.07. The summed E-state index contributed by atoms with van der Waals surface area (Å²) in [7, 11) is 0. The van der Waals surface area contributed by atoms with Crippen LogP contribution in [0.5, 0.6) is 0 Å². The van der Waals surface area contributed by atoms with Crippen LogP contribution in [-0.4, -0.2) is 35.1 Å². The van der Waals surface area contributed by atoms with E-state index in [9.17, 15) is 0 Å². The molecule has 1 saturated carbocycles. The molecule has 1 fully saturated rings. The van der Waals surface area contributed by atoms with E-state index in [1.54, 1.807) is 0 Å². The Hall–Kier alpha value is -0.930. The molecule has 1 aromatic heterocycles. The number of hydrogen-bond acceptors (Lipinski definition) is 3. The van der Waals surface area contributed by atoms with Gasteiger partial charge in [-0.05, 0) is 50.3 Å². The fourth-order valence-corrected chi connectivity index (χ4v) is 2.88. The molecule has 0 bridgehead atoms. The lowest BCUT2D eigenvalue weighted by atomic mass is 9.90. The van der Waals surface area contributed by atoms with E-state index in [1.807, 2.05) is 18.5 Å². The largest absolute Gasteiger partial charge is 0.328 e. The smallest absolute Gasteiger partial charge is 0.0300 e. The molecule has 0 atom stereocenters. The first-order valence-corrected chi connectivity index (χ1v) is 7.18. The molecular formula is C15H25N3. The van der Waals surface area contributed by atoms with Crippen LogP contribution >= 0.6 is 0 Å². The molecule has 0 aliphatic heterocycles. The standard InChI is InChI=1S/C15H25N3/c1-2-18(15-7-5-14(16)6-8-15)11-9-13-4-3-10-17-12-13/h3-4,10,12,14-15H,2,5-9,11,16H2,1H3. The molecule has 2 N–H and O–H groups in total. The van der Waals surface area contributed by atoms with Crippen LogP contribution in [0.25, 0.3) is 0 Å². The van der Waals surface area contributed by atoms with Crippen molar-refractivity contribution < 1.29 is 0 Å². The first-order chi connectivity index (χ1) is 8.79. The van der Waals surface area contributed by atoms with Gasteiger partial charge in [0.15, 0.2) is 0 Å². The molecule has 1 aliphatic carbocycles. The summed E-state index contributed by atoms with van der Waals surface area (Å²) < 4.78 is 0. The van der Waals surface area contributed by atoms with Gasteiger partial charge in [-0.1, -0.05) is 13.0 Å². The van der Waals surface area contributed by atoms with E-state index in [0.717, 1.165) is 25.6 Å². The van der Waals surface area contributed by atoms with Gasteiger partial charge < -0.3 is 10.6 Å². The average molecular weight is 247 g/mol. The topological polar surface area (TPSA) is 42.2 Å². The third kappa shape index (κ3) is 3.79. The second kappa shape index (κ2) is 6.86. The van der Waals surface area contributed by atoms with Crippen LogP contribution in [-0.2, 0) is 6.42 Å². The van der Waals surface area contributed by atoms with Crippen molar-refractivity contribution in [1.29, 1.82) is 0 Å². The molecule has 3 nitrogen and oxygen atoms in total.